The van der Waals surface area contributed by atoms with Crippen molar-refractivity contribution in [1.29, 1.82) is 5.41 Å². The molecule has 2 aliphatic carbocycles. The summed E-state index contributed by atoms with van der Waals surface area (Å²) in [4.78, 5) is 0. The summed E-state index contributed by atoms with van der Waals surface area (Å²) >= 11 is 0. The predicted octanol–water partition coefficient (Wildman–Crippen LogP) is 3.45. The Morgan fingerprint density at radius 3 is 1.75 bits per heavy atom. The summed E-state index contributed by atoms with van der Waals surface area (Å²) in [6.07, 6.45) is 10.0. The van der Waals surface area contributed by atoms with E-state index in [0.29, 0.717) is 0 Å². The lowest BCUT2D eigenvalue weighted by Crippen LogP contribution is -2.06. The zero-order valence-electron chi connectivity index (χ0n) is 7.66. The van der Waals surface area contributed by atoms with E-state index in [1.165, 1.54) is 38.5 Å². The van der Waals surface area contributed by atoms with Crippen molar-refractivity contribution >= 4 is 5.71 Å². The van der Waals surface area contributed by atoms with E-state index >= 15 is 0 Å². The normalized spacial score (nSPS) is 25.2. The van der Waals surface area contributed by atoms with Gasteiger partial charge in [0.25, 0.3) is 0 Å². The van der Waals surface area contributed by atoms with Gasteiger partial charge < -0.3 is 5.41 Å². The SMILES string of the molecule is N=C1CCC(=C2CCCC2)CC1. The Morgan fingerprint density at radius 1 is 0.667 bits per heavy atom. The molecule has 0 radical (unpaired) electrons. The highest BCUT2D eigenvalue weighted by Gasteiger charge is 2.16. The fourth-order valence-electron chi connectivity index (χ4n) is 2.36. The van der Waals surface area contributed by atoms with Crippen LogP contribution in [0.3, 0.4) is 0 Å². The zero-order chi connectivity index (χ0) is 8.39. The van der Waals surface area contributed by atoms with Crippen LogP contribution in [0.15, 0.2) is 11.1 Å². The molecule has 12 heavy (non-hydrogen) atoms. The lowest BCUT2D eigenvalue weighted by atomic mass is 9.89. The Bertz CT molecular complexity index is 205. The molecule has 0 atom stereocenters. The van der Waals surface area contributed by atoms with Gasteiger partial charge in [-0.15, -0.1) is 0 Å². The minimum absolute atomic E-state index is 0.970. The Kier molecular flexibility index (Phi) is 2.29. The van der Waals surface area contributed by atoms with Gasteiger partial charge in [0.15, 0.2) is 0 Å². The van der Waals surface area contributed by atoms with Gasteiger partial charge in [0.1, 0.15) is 0 Å². The molecule has 0 spiro atoms. The van der Waals surface area contributed by atoms with Gasteiger partial charge in [0.05, 0.1) is 0 Å². The minimum Gasteiger partial charge on any atom is -0.310 e. The van der Waals surface area contributed by atoms with Gasteiger partial charge >= 0.3 is 0 Å². The number of nitrogens with one attached hydrogen (secondary N) is 1. The van der Waals surface area contributed by atoms with Crippen molar-refractivity contribution in [2.75, 3.05) is 0 Å². The third-order valence-corrected chi connectivity index (χ3v) is 3.16. The summed E-state index contributed by atoms with van der Waals surface area (Å²) in [7, 11) is 0. The summed E-state index contributed by atoms with van der Waals surface area (Å²) in [6, 6.07) is 0. The Morgan fingerprint density at radius 2 is 1.17 bits per heavy atom. The van der Waals surface area contributed by atoms with Crippen molar-refractivity contribution in [2.45, 2.75) is 51.4 Å². The van der Waals surface area contributed by atoms with Crippen molar-refractivity contribution in [3.05, 3.63) is 11.1 Å². The second kappa shape index (κ2) is 3.42. The number of rotatable bonds is 0. The summed E-state index contributed by atoms with van der Waals surface area (Å²) in [5.74, 6) is 0. The summed E-state index contributed by atoms with van der Waals surface area (Å²) in [5.41, 5.74) is 4.43. The Labute approximate surface area is 74.4 Å². The molecule has 2 fully saturated rings. The molecule has 0 aromatic rings. The molecule has 2 saturated carbocycles. The van der Waals surface area contributed by atoms with Crippen molar-refractivity contribution < 1.29 is 0 Å². The lowest BCUT2D eigenvalue weighted by Gasteiger charge is -2.17. The van der Waals surface area contributed by atoms with Gasteiger partial charge in [-0.3, -0.25) is 0 Å². The maximum absolute atomic E-state index is 7.53. The second-order valence-electron chi connectivity index (χ2n) is 4.02. The van der Waals surface area contributed by atoms with Crippen molar-refractivity contribution in [3.8, 4) is 0 Å². The van der Waals surface area contributed by atoms with Crippen LogP contribution in [-0.4, -0.2) is 5.71 Å². The molecule has 0 bridgehead atoms. The monoisotopic (exact) mass is 163 g/mol. The van der Waals surface area contributed by atoms with E-state index < -0.39 is 0 Å². The van der Waals surface area contributed by atoms with Crippen molar-refractivity contribution in [2.24, 2.45) is 0 Å². The van der Waals surface area contributed by atoms with Crippen LogP contribution in [0.4, 0.5) is 0 Å². The third kappa shape index (κ3) is 1.60. The lowest BCUT2D eigenvalue weighted by molar-refractivity contribution is 0.790. The highest BCUT2D eigenvalue weighted by molar-refractivity contribution is 5.82. The first-order valence-corrected chi connectivity index (χ1v) is 5.12. The quantitative estimate of drug-likeness (QED) is 0.529. The van der Waals surface area contributed by atoms with E-state index in [2.05, 4.69) is 0 Å². The van der Waals surface area contributed by atoms with Gasteiger partial charge in [0.2, 0.25) is 0 Å². The van der Waals surface area contributed by atoms with Crippen molar-refractivity contribution in [3.63, 3.8) is 0 Å². The highest BCUT2D eigenvalue weighted by atomic mass is 14.4. The van der Waals surface area contributed by atoms with Gasteiger partial charge in [-0.25, -0.2) is 0 Å². The molecule has 1 N–H and O–H groups in total. The van der Waals surface area contributed by atoms with Crippen LogP contribution in [0.5, 0.6) is 0 Å². The maximum atomic E-state index is 7.53. The molecule has 0 aromatic carbocycles. The third-order valence-electron chi connectivity index (χ3n) is 3.16. The Hall–Kier alpha value is -0.590. The minimum atomic E-state index is 0.970. The van der Waals surface area contributed by atoms with Gasteiger partial charge in [-0.2, -0.15) is 0 Å². The standard InChI is InChI=1S/C11H17N/c12-11-7-5-10(6-8-11)9-3-1-2-4-9/h12H,1-8H2. The van der Waals surface area contributed by atoms with Crippen LogP contribution in [0, 0.1) is 5.41 Å². The van der Waals surface area contributed by atoms with Gasteiger partial charge in [-0.1, -0.05) is 11.1 Å². The molecule has 2 rings (SSSR count). The first-order valence-electron chi connectivity index (χ1n) is 5.12. The fourth-order valence-corrected chi connectivity index (χ4v) is 2.36. The fraction of sp³-hybridized carbons (Fsp3) is 0.727. The Balaban J connectivity index is 2.04. The number of hydrogen-bond donors (Lipinski definition) is 1. The smallest absolute Gasteiger partial charge is 0.00955 e. The highest BCUT2D eigenvalue weighted by Crippen LogP contribution is 2.33. The van der Waals surface area contributed by atoms with Crippen molar-refractivity contribution in [1.82, 2.24) is 0 Å². The molecule has 2 aliphatic rings. The van der Waals surface area contributed by atoms with Crippen LogP contribution in [0.2, 0.25) is 0 Å². The van der Waals surface area contributed by atoms with Crippen LogP contribution < -0.4 is 0 Å². The number of hydrogen-bond acceptors (Lipinski definition) is 1. The van der Waals surface area contributed by atoms with E-state index in [1.54, 1.807) is 11.1 Å². The zero-order valence-corrected chi connectivity index (χ0v) is 7.66. The molecule has 1 heteroatoms. The van der Waals surface area contributed by atoms with E-state index in [9.17, 15) is 0 Å². The molecular formula is C11H17N. The predicted molar refractivity (Wildman–Crippen MR) is 51.7 cm³/mol. The van der Waals surface area contributed by atoms with E-state index in [4.69, 9.17) is 5.41 Å². The molecule has 0 amide bonds. The average Bonchev–Trinajstić information content (AvgIpc) is 2.58. The van der Waals surface area contributed by atoms with E-state index in [1.807, 2.05) is 0 Å². The maximum Gasteiger partial charge on any atom is 0.00955 e. The first-order chi connectivity index (χ1) is 5.86. The molecule has 0 unspecified atom stereocenters. The van der Waals surface area contributed by atoms with E-state index in [-0.39, 0.29) is 0 Å². The summed E-state index contributed by atoms with van der Waals surface area (Å²) < 4.78 is 0. The molecular weight excluding hydrogens is 146 g/mol. The molecule has 0 heterocycles. The molecule has 0 aliphatic heterocycles. The van der Waals surface area contributed by atoms with Crippen LogP contribution in [-0.2, 0) is 0 Å². The van der Waals surface area contributed by atoms with E-state index in [0.717, 1.165) is 18.6 Å². The van der Waals surface area contributed by atoms with Crippen LogP contribution >= 0.6 is 0 Å². The van der Waals surface area contributed by atoms with Gasteiger partial charge in [0, 0.05) is 5.71 Å². The largest absolute Gasteiger partial charge is 0.310 e. The topological polar surface area (TPSA) is 23.9 Å². The molecule has 1 nitrogen and oxygen atoms in total. The number of allylic oxidation sites excluding steroid dienone is 2. The molecule has 66 valence electrons. The molecule has 0 aromatic heterocycles. The summed E-state index contributed by atoms with van der Waals surface area (Å²) in [6.45, 7) is 0. The first kappa shape index (κ1) is 8.03. The average molecular weight is 163 g/mol. The van der Waals surface area contributed by atoms with Gasteiger partial charge in [-0.05, 0) is 51.4 Å². The molecule has 0 saturated heterocycles. The van der Waals surface area contributed by atoms with Crippen LogP contribution in [0.1, 0.15) is 51.4 Å². The second-order valence-corrected chi connectivity index (χ2v) is 4.02. The van der Waals surface area contributed by atoms with Crippen LogP contribution in [0.25, 0.3) is 0 Å². The summed E-state index contributed by atoms with van der Waals surface area (Å²) in [5, 5.41) is 7.53.